The number of sulfone groups is 1. The molecule has 1 amide bonds. The van der Waals surface area contributed by atoms with Crippen LogP contribution in [0.25, 0.3) is 0 Å². The summed E-state index contributed by atoms with van der Waals surface area (Å²) in [6, 6.07) is 0.509. The van der Waals surface area contributed by atoms with Crippen molar-refractivity contribution in [3.63, 3.8) is 0 Å². The second-order valence-electron chi connectivity index (χ2n) is 4.31. The molecule has 94 valence electrons. The van der Waals surface area contributed by atoms with E-state index in [4.69, 9.17) is 0 Å². The van der Waals surface area contributed by atoms with Gasteiger partial charge in [0, 0.05) is 25.3 Å². The lowest BCUT2D eigenvalue weighted by molar-refractivity contribution is -0.120. The second-order valence-corrected chi connectivity index (χ2v) is 6.57. The number of carbonyl (C=O) groups is 1. The highest BCUT2D eigenvalue weighted by molar-refractivity contribution is 7.90. The minimum absolute atomic E-state index is 0.0664. The topological polar surface area (TPSA) is 75.3 Å². The van der Waals surface area contributed by atoms with E-state index in [1.165, 1.54) is 12.8 Å². The Hall–Kier alpha value is -0.620. The molecule has 0 aliphatic carbocycles. The molecule has 1 aliphatic rings. The molecule has 0 aromatic heterocycles. The minimum Gasteiger partial charge on any atom is -0.356 e. The van der Waals surface area contributed by atoms with Crippen LogP contribution in [0.2, 0.25) is 0 Å². The zero-order valence-electron chi connectivity index (χ0n) is 9.66. The number of nitrogens with one attached hydrogen (secondary N) is 2. The molecule has 0 spiro atoms. The van der Waals surface area contributed by atoms with Crippen molar-refractivity contribution in [1.82, 2.24) is 10.6 Å². The van der Waals surface area contributed by atoms with Gasteiger partial charge >= 0.3 is 0 Å². The molecule has 2 N–H and O–H groups in total. The molecule has 1 aliphatic heterocycles. The molecule has 1 saturated heterocycles. The standard InChI is InChI=1S/C10H20N2O3S/c1-16(14,15)8-5-10(13)12-7-4-9-3-2-6-11-9/h9,11H,2-8H2,1H3,(H,12,13)/t9-/m0/s1. The van der Waals surface area contributed by atoms with E-state index in [-0.39, 0.29) is 18.1 Å². The molecule has 16 heavy (non-hydrogen) atoms. The summed E-state index contributed by atoms with van der Waals surface area (Å²) in [7, 11) is -3.03. The van der Waals surface area contributed by atoms with Gasteiger partial charge in [-0.3, -0.25) is 4.79 Å². The zero-order valence-corrected chi connectivity index (χ0v) is 10.5. The van der Waals surface area contributed by atoms with E-state index in [1.807, 2.05) is 0 Å². The van der Waals surface area contributed by atoms with E-state index in [9.17, 15) is 13.2 Å². The van der Waals surface area contributed by atoms with Crippen LogP contribution in [0.1, 0.15) is 25.7 Å². The van der Waals surface area contributed by atoms with E-state index in [2.05, 4.69) is 10.6 Å². The number of hydrogen-bond acceptors (Lipinski definition) is 4. The Labute approximate surface area is 96.9 Å². The Morgan fingerprint density at radius 1 is 1.50 bits per heavy atom. The average Bonchev–Trinajstić information content (AvgIpc) is 2.66. The highest BCUT2D eigenvalue weighted by Gasteiger charge is 2.14. The Bertz CT molecular complexity index is 321. The first-order chi connectivity index (χ1) is 7.47. The monoisotopic (exact) mass is 248 g/mol. The summed E-state index contributed by atoms with van der Waals surface area (Å²) in [5.74, 6) is -0.246. The van der Waals surface area contributed by atoms with Crippen LogP contribution in [0.3, 0.4) is 0 Å². The lowest BCUT2D eigenvalue weighted by atomic mass is 10.1. The first-order valence-electron chi connectivity index (χ1n) is 5.65. The molecule has 0 unspecified atom stereocenters. The Morgan fingerprint density at radius 2 is 2.25 bits per heavy atom. The smallest absolute Gasteiger partial charge is 0.221 e. The van der Waals surface area contributed by atoms with Crippen LogP contribution in [-0.2, 0) is 14.6 Å². The molecule has 0 bridgehead atoms. The van der Waals surface area contributed by atoms with Gasteiger partial charge in [-0.05, 0) is 25.8 Å². The van der Waals surface area contributed by atoms with Gasteiger partial charge in [0.05, 0.1) is 5.75 Å². The van der Waals surface area contributed by atoms with Crippen LogP contribution in [0.4, 0.5) is 0 Å². The third kappa shape index (κ3) is 6.07. The minimum atomic E-state index is -3.03. The zero-order chi connectivity index (χ0) is 12.0. The quantitative estimate of drug-likeness (QED) is 0.675. The van der Waals surface area contributed by atoms with E-state index in [1.54, 1.807) is 0 Å². The second kappa shape index (κ2) is 6.20. The van der Waals surface area contributed by atoms with Gasteiger partial charge in [0.1, 0.15) is 9.84 Å². The lowest BCUT2D eigenvalue weighted by Gasteiger charge is -2.10. The van der Waals surface area contributed by atoms with E-state index in [0.717, 1.165) is 19.2 Å². The predicted molar refractivity (Wildman–Crippen MR) is 63.0 cm³/mol. The number of hydrogen-bond donors (Lipinski definition) is 2. The third-order valence-electron chi connectivity index (χ3n) is 2.68. The normalized spacial score (nSPS) is 20.9. The maximum Gasteiger partial charge on any atom is 0.221 e. The van der Waals surface area contributed by atoms with Gasteiger partial charge in [-0.15, -0.1) is 0 Å². The molecule has 0 aromatic rings. The van der Waals surface area contributed by atoms with Crippen LogP contribution in [-0.4, -0.2) is 45.5 Å². The van der Waals surface area contributed by atoms with Crippen molar-refractivity contribution in [2.45, 2.75) is 31.7 Å². The van der Waals surface area contributed by atoms with Crippen LogP contribution in [0.15, 0.2) is 0 Å². The highest BCUT2D eigenvalue weighted by atomic mass is 32.2. The average molecular weight is 248 g/mol. The van der Waals surface area contributed by atoms with Gasteiger partial charge in [0.25, 0.3) is 0 Å². The van der Waals surface area contributed by atoms with E-state index >= 15 is 0 Å². The molecular weight excluding hydrogens is 228 g/mol. The summed E-state index contributed by atoms with van der Waals surface area (Å²) in [5, 5.41) is 6.08. The fraction of sp³-hybridized carbons (Fsp3) is 0.900. The van der Waals surface area contributed by atoms with E-state index < -0.39 is 9.84 Å². The van der Waals surface area contributed by atoms with Gasteiger partial charge < -0.3 is 10.6 Å². The summed E-state index contributed by atoms with van der Waals surface area (Å²) >= 11 is 0. The largest absolute Gasteiger partial charge is 0.356 e. The van der Waals surface area contributed by atoms with Crippen molar-refractivity contribution < 1.29 is 13.2 Å². The maximum atomic E-state index is 11.3. The van der Waals surface area contributed by atoms with Crippen LogP contribution < -0.4 is 10.6 Å². The van der Waals surface area contributed by atoms with Crippen molar-refractivity contribution in [1.29, 1.82) is 0 Å². The molecule has 1 fully saturated rings. The molecule has 0 aromatic carbocycles. The molecule has 0 radical (unpaired) electrons. The molecule has 1 atom stereocenters. The number of carbonyl (C=O) groups excluding carboxylic acids is 1. The van der Waals surface area contributed by atoms with Crippen molar-refractivity contribution in [3.8, 4) is 0 Å². The van der Waals surface area contributed by atoms with Gasteiger partial charge in [0.2, 0.25) is 5.91 Å². The molecule has 6 heteroatoms. The van der Waals surface area contributed by atoms with Crippen LogP contribution in [0.5, 0.6) is 0 Å². The Kier molecular flexibility index (Phi) is 5.21. The molecule has 0 saturated carbocycles. The maximum absolute atomic E-state index is 11.3. The predicted octanol–water partition coefficient (Wildman–Crippen LogP) is -0.321. The van der Waals surface area contributed by atoms with Gasteiger partial charge in [-0.25, -0.2) is 8.42 Å². The molecule has 1 heterocycles. The highest BCUT2D eigenvalue weighted by Crippen LogP contribution is 2.07. The van der Waals surface area contributed by atoms with Crippen molar-refractivity contribution in [3.05, 3.63) is 0 Å². The van der Waals surface area contributed by atoms with Gasteiger partial charge in [0.15, 0.2) is 0 Å². The SMILES string of the molecule is CS(=O)(=O)CCC(=O)NCC[C@@H]1CCCN1. The van der Waals surface area contributed by atoms with Crippen molar-refractivity contribution in [2.24, 2.45) is 0 Å². The molecule has 1 rings (SSSR count). The molecular formula is C10H20N2O3S. The Morgan fingerprint density at radius 3 is 2.81 bits per heavy atom. The fourth-order valence-electron chi connectivity index (χ4n) is 1.76. The van der Waals surface area contributed by atoms with Gasteiger partial charge in [-0.2, -0.15) is 0 Å². The lowest BCUT2D eigenvalue weighted by Crippen LogP contribution is -2.31. The summed E-state index contributed by atoms with van der Waals surface area (Å²) in [6.07, 6.45) is 4.50. The summed E-state index contributed by atoms with van der Waals surface area (Å²) in [6.45, 7) is 1.69. The first kappa shape index (κ1) is 13.4. The summed E-state index contributed by atoms with van der Waals surface area (Å²) in [4.78, 5) is 11.3. The van der Waals surface area contributed by atoms with Crippen LogP contribution >= 0.6 is 0 Å². The summed E-state index contributed by atoms with van der Waals surface area (Å²) in [5.41, 5.74) is 0. The summed E-state index contributed by atoms with van der Waals surface area (Å²) < 4.78 is 21.7. The first-order valence-corrected chi connectivity index (χ1v) is 7.71. The van der Waals surface area contributed by atoms with Gasteiger partial charge in [-0.1, -0.05) is 0 Å². The van der Waals surface area contributed by atoms with Crippen molar-refractivity contribution in [2.75, 3.05) is 25.1 Å². The molecule has 5 nitrogen and oxygen atoms in total. The van der Waals surface area contributed by atoms with Crippen LogP contribution in [0, 0.1) is 0 Å². The third-order valence-corrected chi connectivity index (χ3v) is 3.62. The van der Waals surface area contributed by atoms with Crippen molar-refractivity contribution >= 4 is 15.7 Å². The Balaban J connectivity index is 2.06. The van der Waals surface area contributed by atoms with E-state index in [0.29, 0.717) is 12.6 Å². The number of amides is 1. The number of rotatable bonds is 6. The fourth-order valence-corrected chi connectivity index (χ4v) is 2.31.